The molecule has 4 aliphatic carbocycles. The van der Waals surface area contributed by atoms with Crippen LogP contribution in [0.2, 0.25) is 0 Å². The van der Waals surface area contributed by atoms with Gasteiger partial charge >= 0.3 is 0 Å². The second-order valence-electron chi connectivity index (χ2n) is 7.96. The normalized spacial score (nSPS) is 45.6. The maximum absolute atomic E-state index is 12.9. The number of rotatable bonds is 3. The first-order chi connectivity index (χ1) is 9.23. The van der Waals surface area contributed by atoms with Gasteiger partial charge in [0.25, 0.3) is 0 Å². The summed E-state index contributed by atoms with van der Waals surface area (Å²) in [4.78, 5) is 15.4. The van der Waals surface area contributed by atoms with Gasteiger partial charge in [-0.2, -0.15) is 0 Å². The Morgan fingerprint density at radius 1 is 0.895 bits per heavy atom. The fraction of sp³-hybridized carbons (Fsp3) is 0.941. The highest BCUT2D eigenvalue weighted by molar-refractivity contribution is 5.87. The van der Waals surface area contributed by atoms with Crippen LogP contribution in [0.1, 0.15) is 57.8 Å². The van der Waals surface area contributed by atoms with Crippen molar-refractivity contribution < 1.29 is 4.79 Å². The van der Waals surface area contributed by atoms with E-state index >= 15 is 0 Å². The third-order valence-electron chi connectivity index (χ3n) is 6.45. The van der Waals surface area contributed by atoms with Crippen LogP contribution in [-0.2, 0) is 4.79 Å². The van der Waals surface area contributed by atoms with Crippen LogP contribution in [0.4, 0.5) is 0 Å². The molecule has 4 saturated carbocycles. The Morgan fingerprint density at radius 2 is 1.42 bits per heavy atom. The molecule has 0 atom stereocenters. The van der Waals surface area contributed by atoms with Crippen LogP contribution in [0.5, 0.6) is 0 Å². The summed E-state index contributed by atoms with van der Waals surface area (Å²) >= 11 is 0. The minimum absolute atomic E-state index is 0.131. The molecular formula is C17H27NO. The molecule has 0 aromatic carbocycles. The van der Waals surface area contributed by atoms with Crippen molar-refractivity contribution in [1.82, 2.24) is 4.90 Å². The average Bonchev–Trinajstić information content (AvgIpc) is 2.38. The first kappa shape index (κ1) is 12.4. The van der Waals surface area contributed by atoms with Crippen molar-refractivity contribution in [3.05, 3.63) is 0 Å². The van der Waals surface area contributed by atoms with Gasteiger partial charge in [-0.3, -0.25) is 9.69 Å². The number of hydrogen-bond donors (Lipinski definition) is 0. The highest BCUT2D eigenvalue weighted by Gasteiger charge is 2.54. The van der Waals surface area contributed by atoms with E-state index in [9.17, 15) is 4.79 Å². The highest BCUT2D eigenvalue weighted by Crippen LogP contribution is 2.60. The van der Waals surface area contributed by atoms with Gasteiger partial charge in [-0.25, -0.2) is 0 Å². The summed E-state index contributed by atoms with van der Waals surface area (Å²) in [6.07, 6.45) is 12.0. The second-order valence-corrected chi connectivity index (χ2v) is 7.96. The van der Waals surface area contributed by atoms with Crippen molar-refractivity contribution in [2.75, 3.05) is 19.6 Å². The van der Waals surface area contributed by atoms with Crippen LogP contribution >= 0.6 is 0 Å². The SMILES string of the molecule is O=C(CN1CCCCC1)C12CC3CC(CC(C3)C1)C2. The molecule has 0 spiro atoms. The molecule has 1 aliphatic heterocycles. The number of hydrogen-bond acceptors (Lipinski definition) is 2. The van der Waals surface area contributed by atoms with E-state index in [-0.39, 0.29) is 5.41 Å². The molecule has 19 heavy (non-hydrogen) atoms. The molecule has 2 nitrogen and oxygen atoms in total. The molecule has 5 aliphatic rings. The van der Waals surface area contributed by atoms with E-state index in [1.807, 2.05) is 0 Å². The van der Waals surface area contributed by atoms with Gasteiger partial charge in [0, 0.05) is 5.41 Å². The van der Waals surface area contributed by atoms with E-state index in [1.165, 1.54) is 57.8 Å². The molecule has 1 saturated heterocycles. The Hall–Kier alpha value is -0.370. The smallest absolute Gasteiger partial charge is 0.152 e. The summed E-state index contributed by atoms with van der Waals surface area (Å²) in [5.74, 6) is 3.32. The summed E-state index contributed by atoms with van der Waals surface area (Å²) in [6, 6.07) is 0. The van der Waals surface area contributed by atoms with Gasteiger partial charge in [-0.1, -0.05) is 6.42 Å². The van der Waals surface area contributed by atoms with Gasteiger partial charge in [0.15, 0.2) is 5.78 Å². The molecule has 0 unspecified atom stereocenters. The van der Waals surface area contributed by atoms with Crippen LogP contribution < -0.4 is 0 Å². The first-order valence-electron chi connectivity index (χ1n) is 8.49. The van der Waals surface area contributed by atoms with Crippen molar-refractivity contribution in [3.63, 3.8) is 0 Å². The van der Waals surface area contributed by atoms with Crippen molar-refractivity contribution in [1.29, 1.82) is 0 Å². The number of ketones is 1. The summed E-state index contributed by atoms with van der Waals surface area (Å²) in [6.45, 7) is 3.10. The molecular weight excluding hydrogens is 234 g/mol. The molecule has 0 radical (unpaired) electrons. The highest BCUT2D eigenvalue weighted by atomic mass is 16.1. The molecule has 0 N–H and O–H groups in total. The molecule has 0 amide bonds. The lowest BCUT2D eigenvalue weighted by molar-refractivity contribution is -0.145. The van der Waals surface area contributed by atoms with Crippen molar-refractivity contribution in [2.45, 2.75) is 57.8 Å². The topological polar surface area (TPSA) is 20.3 Å². The van der Waals surface area contributed by atoms with Crippen LogP contribution in [0.3, 0.4) is 0 Å². The van der Waals surface area contributed by atoms with Crippen molar-refractivity contribution in [2.24, 2.45) is 23.2 Å². The Bertz CT molecular complexity index is 334. The molecule has 0 aromatic rings. The summed E-state index contributed by atoms with van der Waals surface area (Å²) in [5, 5.41) is 0. The van der Waals surface area contributed by atoms with E-state index in [1.54, 1.807) is 0 Å². The maximum Gasteiger partial charge on any atom is 0.152 e. The van der Waals surface area contributed by atoms with Gasteiger partial charge in [-0.05, 0) is 82.2 Å². The van der Waals surface area contributed by atoms with Gasteiger partial charge in [0.05, 0.1) is 6.54 Å². The van der Waals surface area contributed by atoms with E-state index in [4.69, 9.17) is 0 Å². The van der Waals surface area contributed by atoms with Gasteiger partial charge in [0.1, 0.15) is 0 Å². The standard InChI is InChI=1S/C17H27NO/c19-16(12-18-4-2-1-3-5-18)17-9-13-6-14(10-17)8-15(7-13)11-17/h13-15H,1-12H2. The van der Waals surface area contributed by atoms with Crippen LogP contribution in [0.15, 0.2) is 0 Å². The Balaban J connectivity index is 1.47. The number of piperidine rings is 1. The fourth-order valence-electron chi connectivity index (χ4n) is 5.94. The monoisotopic (exact) mass is 261 g/mol. The first-order valence-corrected chi connectivity index (χ1v) is 8.49. The van der Waals surface area contributed by atoms with E-state index < -0.39 is 0 Å². The third kappa shape index (κ3) is 2.16. The van der Waals surface area contributed by atoms with Gasteiger partial charge in [0.2, 0.25) is 0 Å². The largest absolute Gasteiger partial charge is 0.298 e. The Kier molecular flexibility index (Phi) is 2.98. The lowest BCUT2D eigenvalue weighted by Gasteiger charge is -2.56. The molecule has 0 aromatic heterocycles. The summed E-state index contributed by atoms with van der Waals surface area (Å²) in [5.41, 5.74) is 0.131. The Morgan fingerprint density at radius 3 is 1.95 bits per heavy atom. The van der Waals surface area contributed by atoms with Gasteiger partial charge < -0.3 is 0 Å². The summed E-state index contributed by atoms with van der Waals surface area (Å²) in [7, 11) is 0. The maximum atomic E-state index is 12.9. The quantitative estimate of drug-likeness (QED) is 0.777. The molecule has 4 bridgehead atoms. The van der Waals surface area contributed by atoms with Crippen LogP contribution in [-0.4, -0.2) is 30.3 Å². The molecule has 1 heterocycles. The minimum atomic E-state index is 0.131. The molecule has 106 valence electrons. The lowest BCUT2D eigenvalue weighted by Crippen LogP contribution is -2.52. The van der Waals surface area contributed by atoms with Gasteiger partial charge in [-0.15, -0.1) is 0 Å². The number of likely N-dealkylation sites (tertiary alicyclic amines) is 1. The second kappa shape index (κ2) is 4.58. The predicted octanol–water partition coefficient (Wildman–Crippen LogP) is 3.26. The van der Waals surface area contributed by atoms with Crippen molar-refractivity contribution >= 4 is 5.78 Å². The molecule has 2 heteroatoms. The summed E-state index contributed by atoms with van der Waals surface area (Å²) < 4.78 is 0. The van der Waals surface area contributed by atoms with Crippen molar-refractivity contribution in [3.8, 4) is 0 Å². The van der Waals surface area contributed by atoms with Crippen LogP contribution in [0.25, 0.3) is 0 Å². The minimum Gasteiger partial charge on any atom is -0.298 e. The molecule has 5 fully saturated rings. The fourth-order valence-corrected chi connectivity index (χ4v) is 5.94. The third-order valence-corrected chi connectivity index (χ3v) is 6.45. The predicted molar refractivity (Wildman–Crippen MR) is 75.9 cm³/mol. The zero-order chi connectivity index (χ0) is 12.9. The Labute approximate surface area is 116 Å². The molecule has 5 rings (SSSR count). The number of Topliss-reactive ketones (excluding diaryl/α,β-unsaturated/α-hetero) is 1. The van der Waals surface area contributed by atoms with E-state index in [2.05, 4.69) is 4.90 Å². The van der Waals surface area contributed by atoms with E-state index in [0.29, 0.717) is 5.78 Å². The number of nitrogens with zero attached hydrogens (tertiary/aromatic N) is 1. The van der Waals surface area contributed by atoms with Crippen LogP contribution in [0, 0.1) is 23.2 Å². The van der Waals surface area contributed by atoms with E-state index in [0.717, 1.165) is 37.4 Å². The average molecular weight is 261 g/mol. The lowest BCUT2D eigenvalue weighted by atomic mass is 9.48. The zero-order valence-corrected chi connectivity index (χ0v) is 12.1. The zero-order valence-electron chi connectivity index (χ0n) is 12.1. The number of carbonyl (C=O) groups excluding carboxylic acids is 1. The number of carbonyl (C=O) groups is 1.